The van der Waals surface area contributed by atoms with Gasteiger partial charge in [0, 0.05) is 18.6 Å². The molecule has 1 fully saturated rings. The molecule has 0 aliphatic carbocycles. The molecule has 3 atom stereocenters. The standard InChI is InChI=1S/C18H38N2O/c1-2-3-4-5-6-7-8-9-10-11-12-13-14-17-18(21)16(19)15-20-17/h16-18,20-21H,2-15,19H2,1H3/t16-,17+,18-/m0/s1. The number of aliphatic hydroxyl groups excluding tert-OH is 1. The lowest BCUT2D eigenvalue weighted by atomic mass is 10.0. The molecule has 3 heteroatoms. The first kappa shape index (κ1) is 18.9. The average Bonchev–Trinajstić information content (AvgIpc) is 2.80. The third kappa shape index (κ3) is 8.80. The van der Waals surface area contributed by atoms with Crippen LogP contribution in [-0.4, -0.2) is 29.8 Å². The van der Waals surface area contributed by atoms with E-state index in [2.05, 4.69) is 12.2 Å². The zero-order valence-corrected chi connectivity index (χ0v) is 14.2. The van der Waals surface area contributed by atoms with Crippen LogP contribution in [0.4, 0.5) is 0 Å². The highest BCUT2D eigenvalue weighted by atomic mass is 16.3. The first-order valence-corrected chi connectivity index (χ1v) is 9.42. The number of aliphatic hydroxyl groups is 1. The van der Waals surface area contributed by atoms with Gasteiger partial charge in [-0.15, -0.1) is 0 Å². The minimum Gasteiger partial charge on any atom is -0.390 e. The molecule has 1 aliphatic rings. The van der Waals surface area contributed by atoms with Crippen LogP contribution < -0.4 is 11.1 Å². The summed E-state index contributed by atoms with van der Waals surface area (Å²) in [7, 11) is 0. The van der Waals surface area contributed by atoms with Crippen molar-refractivity contribution in [1.29, 1.82) is 0 Å². The van der Waals surface area contributed by atoms with Crippen molar-refractivity contribution in [3.63, 3.8) is 0 Å². The van der Waals surface area contributed by atoms with Crippen molar-refractivity contribution in [3.05, 3.63) is 0 Å². The lowest BCUT2D eigenvalue weighted by Gasteiger charge is -2.16. The van der Waals surface area contributed by atoms with Crippen molar-refractivity contribution in [3.8, 4) is 0 Å². The Balaban J connectivity index is 1.77. The van der Waals surface area contributed by atoms with Gasteiger partial charge in [-0.2, -0.15) is 0 Å². The molecule has 1 aliphatic heterocycles. The molecule has 1 heterocycles. The molecular formula is C18H38N2O. The van der Waals surface area contributed by atoms with Crippen LogP contribution in [0.5, 0.6) is 0 Å². The highest BCUT2D eigenvalue weighted by Crippen LogP contribution is 2.16. The lowest BCUT2D eigenvalue weighted by molar-refractivity contribution is 0.139. The van der Waals surface area contributed by atoms with Gasteiger partial charge in [0.05, 0.1) is 6.10 Å². The van der Waals surface area contributed by atoms with Crippen LogP contribution in [-0.2, 0) is 0 Å². The maximum atomic E-state index is 9.85. The summed E-state index contributed by atoms with van der Waals surface area (Å²) < 4.78 is 0. The van der Waals surface area contributed by atoms with Crippen molar-refractivity contribution in [2.24, 2.45) is 5.73 Å². The Kier molecular flexibility index (Phi) is 11.2. The smallest absolute Gasteiger partial charge is 0.0856 e. The van der Waals surface area contributed by atoms with E-state index in [-0.39, 0.29) is 18.2 Å². The number of nitrogens with two attached hydrogens (primary N) is 1. The molecule has 0 spiro atoms. The van der Waals surface area contributed by atoms with Gasteiger partial charge in [-0.3, -0.25) is 0 Å². The SMILES string of the molecule is CCCCCCCCCCCCCC[C@H]1NC[C@H](N)[C@@H]1O. The Morgan fingerprint density at radius 2 is 1.33 bits per heavy atom. The fourth-order valence-electron chi connectivity index (χ4n) is 3.31. The second-order valence-corrected chi connectivity index (χ2v) is 6.85. The Bertz CT molecular complexity index is 235. The van der Waals surface area contributed by atoms with Crippen LogP contribution >= 0.6 is 0 Å². The van der Waals surface area contributed by atoms with Crippen LogP contribution in [0.1, 0.15) is 90.4 Å². The molecule has 1 rings (SSSR count). The van der Waals surface area contributed by atoms with Crippen LogP contribution in [0.2, 0.25) is 0 Å². The molecule has 4 N–H and O–H groups in total. The van der Waals surface area contributed by atoms with E-state index < -0.39 is 0 Å². The predicted molar refractivity (Wildman–Crippen MR) is 91.5 cm³/mol. The first-order valence-electron chi connectivity index (χ1n) is 9.42. The minimum atomic E-state index is -0.335. The van der Waals surface area contributed by atoms with Crippen LogP contribution in [0, 0.1) is 0 Å². The average molecular weight is 299 g/mol. The van der Waals surface area contributed by atoms with E-state index in [1.807, 2.05) is 0 Å². The highest BCUT2D eigenvalue weighted by Gasteiger charge is 2.30. The molecule has 0 bridgehead atoms. The van der Waals surface area contributed by atoms with Gasteiger partial charge in [-0.1, -0.05) is 84.0 Å². The summed E-state index contributed by atoms with van der Waals surface area (Å²) in [6.07, 6.45) is 17.3. The minimum absolute atomic E-state index is 0.0627. The molecule has 3 nitrogen and oxygen atoms in total. The molecule has 0 aromatic heterocycles. The molecule has 1 saturated heterocycles. The summed E-state index contributed by atoms with van der Waals surface area (Å²) in [6.45, 7) is 3.04. The summed E-state index contributed by atoms with van der Waals surface area (Å²) in [5.41, 5.74) is 5.79. The zero-order chi connectivity index (χ0) is 15.3. The largest absolute Gasteiger partial charge is 0.390 e. The molecule has 126 valence electrons. The molecule has 0 aromatic rings. The Labute approximate surface area is 132 Å². The normalized spacial score (nSPS) is 25.6. The monoisotopic (exact) mass is 298 g/mol. The summed E-state index contributed by atoms with van der Waals surface area (Å²) in [4.78, 5) is 0. The van der Waals surface area contributed by atoms with E-state index in [0.717, 1.165) is 13.0 Å². The second kappa shape index (κ2) is 12.4. The maximum absolute atomic E-state index is 9.85. The van der Waals surface area contributed by atoms with Crippen LogP contribution in [0.25, 0.3) is 0 Å². The summed E-state index contributed by atoms with van der Waals surface area (Å²) >= 11 is 0. The van der Waals surface area contributed by atoms with Crippen molar-refractivity contribution in [1.82, 2.24) is 5.32 Å². The van der Waals surface area contributed by atoms with E-state index in [0.29, 0.717) is 0 Å². The van der Waals surface area contributed by atoms with E-state index in [9.17, 15) is 5.11 Å². The van der Waals surface area contributed by atoms with E-state index in [4.69, 9.17) is 5.73 Å². The van der Waals surface area contributed by atoms with Gasteiger partial charge < -0.3 is 16.2 Å². The van der Waals surface area contributed by atoms with Gasteiger partial charge in [0.2, 0.25) is 0 Å². The number of rotatable bonds is 13. The van der Waals surface area contributed by atoms with E-state index >= 15 is 0 Å². The fraction of sp³-hybridized carbons (Fsp3) is 1.00. The Hall–Kier alpha value is -0.120. The third-order valence-corrected chi connectivity index (χ3v) is 4.84. The topological polar surface area (TPSA) is 58.3 Å². The summed E-state index contributed by atoms with van der Waals surface area (Å²) in [5, 5.41) is 13.2. The number of unbranched alkanes of at least 4 members (excludes halogenated alkanes) is 11. The molecular weight excluding hydrogens is 260 g/mol. The molecule has 0 amide bonds. The molecule has 0 saturated carbocycles. The van der Waals surface area contributed by atoms with Crippen molar-refractivity contribution < 1.29 is 5.11 Å². The van der Waals surface area contributed by atoms with Crippen LogP contribution in [0.3, 0.4) is 0 Å². The second-order valence-electron chi connectivity index (χ2n) is 6.85. The maximum Gasteiger partial charge on any atom is 0.0856 e. The highest BCUT2D eigenvalue weighted by molar-refractivity contribution is 4.92. The summed E-state index contributed by atoms with van der Waals surface area (Å²) in [6, 6.07) is 0.176. The molecule has 21 heavy (non-hydrogen) atoms. The van der Waals surface area contributed by atoms with Crippen molar-refractivity contribution in [2.45, 2.75) is 109 Å². The first-order chi connectivity index (χ1) is 10.3. The van der Waals surface area contributed by atoms with Gasteiger partial charge in [0.15, 0.2) is 0 Å². The van der Waals surface area contributed by atoms with Gasteiger partial charge in [-0.05, 0) is 6.42 Å². The lowest BCUT2D eigenvalue weighted by Crippen LogP contribution is -2.37. The number of hydrogen-bond donors (Lipinski definition) is 3. The number of nitrogens with one attached hydrogen (secondary N) is 1. The van der Waals surface area contributed by atoms with Gasteiger partial charge in [-0.25, -0.2) is 0 Å². The number of hydrogen-bond acceptors (Lipinski definition) is 3. The molecule has 0 aromatic carbocycles. The van der Waals surface area contributed by atoms with E-state index in [1.54, 1.807) is 0 Å². The molecule has 0 unspecified atom stereocenters. The fourth-order valence-corrected chi connectivity index (χ4v) is 3.31. The Morgan fingerprint density at radius 1 is 0.857 bits per heavy atom. The predicted octanol–water partition coefficient (Wildman–Crippen LogP) is 3.74. The van der Waals surface area contributed by atoms with Crippen molar-refractivity contribution in [2.75, 3.05) is 6.54 Å². The molecule has 0 radical (unpaired) electrons. The van der Waals surface area contributed by atoms with E-state index in [1.165, 1.54) is 77.0 Å². The Morgan fingerprint density at radius 3 is 1.76 bits per heavy atom. The quantitative estimate of drug-likeness (QED) is 0.454. The van der Waals surface area contributed by atoms with Gasteiger partial charge in [0.25, 0.3) is 0 Å². The van der Waals surface area contributed by atoms with Gasteiger partial charge in [0.1, 0.15) is 0 Å². The van der Waals surface area contributed by atoms with Crippen LogP contribution in [0.15, 0.2) is 0 Å². The summed E-state index contributed by atoms with van der Waals surface area (Å²) in [5.74, 6) is 0. The van der Waals surface area contributed by atoms with Gasteiger partial charge >= 0.3 is 0 Å². The zero-order valence-electron chi connectivity index (χ0n) is 14.2. The third-order valence-electron chi connectivity index (χ3n) is 4.84. The van der Waals surface area contributed by atoms with Crippen molar-refractivity contribution >= 4 is 0 Å².